The Bertz CT molecular complexity index is 698. The normalized spacial score (nSPS) is 17.9. The van der Waals surface area contributed by atoms with Crippen molar-refractivity contribution in [1.82, 2.24) is 19.9 Å². The minimum Gasteiger partial charge on any atom is -0.481 e. The van der Waals surface area contributed by atoms with Crippen LogP contribution in [0, 0.1) is 5.92 Å². The van der Waals surface area contributed by atoms with Crippen molar-refractivity contribution in [3.63, 3.8) is 0 Å². The number of amides is 1. The number of nitrogens with zero attached hydrogens (tertiary/aromatic N) is 4. The van der Waals surface area contributed by atoms with Crippen LogP contribution in [0.3, 0.4) is 0 Å². The molecule has 1 aromatic carbocycles. The average Bonchev–Trinajstić information content (AvgIpc) is 3.04. The van der Waals surface area contributed by atoms with Crippen molar-refractivity contribution < 1.29 is 14.7 Å². The zero-order chi connectivity index (χ0) is 16.2. The smallest absolute Gasteiger partial charge is 0.308 e. The Morgan fingerprint density at radius 2 is 2.04 bits per heavy atom. The topological polar surface area (TPSA) is 88.3 Å². The number of benzene rings is 1. The average molecular weight is 314 g/mol. The largest absolute Gasteiger partial charge is 0.481 e. The second-order valence-corrected chi connectivity index (χ2v) is 5.68. The number of carbonyl (C=O) groups is 2. The lowest BCUT2D eigenvalue weighted by Gasteiger charge is -2.30. The highest BCUT2D eigenvalue weighted by Gasteiger charge is 2.28. The molecule has 1 amide bonds. The molecule has 2 aromatic rings. The predicted molar refractivity (Wildman–Crippen MR) is 82.4 cm³/mol. The summed E-state index contributed by atoms with van der Waals surface area (Å²) < 4.78 is 1.50. The SMILES string of the molecule is O=C(O)[C@@H]1CCCN(C(=O)Cn2cc(-c3ccccc3)nn2)C1. The van der Waals surface area contributed by atoms with Crippen molar-refractivity contribution in [3.8, 4) is 11.3 Å². The van der Waals surface area contributed by atoms with E-state index in [4.69, 9.17) is 5.11 Å². The molecule has 0 saturated carbocycles. The first kappa shape index (κ1) is 15.2. The van der Waals surface area contributed by atoms with Gasteiger partial charge in [0.15, 0.2) is 0 Å². The van der Waals surface area contributed by atoms with E-state index in [1.165, 1.54) is 4.68 Å². The quantitative estimate of drug-likeness (QED) is 0.918. The molecule has 1 aliphatic heterocycles. The molecule has 0 aliphatic carbocycles. The van der Waals surface area contributed by atoms with Crippen LogP contribution < -0.4 is 0 Å². The van der Waals surface area contributed by atoms with Crippen LogP contribution in [0.1, 0.15) is 12.8 Å². The van der Waals surface area contributed by atoms with Crippen LogP contribution in [0.25, 0.3) is 11.3 Å². The fourth-order valence-electron chi connectivity index (χ4n) is 2.76. The molecule has 0 spiro atoms. The van der Waals surface area contributed by atoms with E-state index in [1.54, 1.807) is 11.1 Å². The molecule has 7 nitrogen and oxygen atoms in total. The summed E-state index contributed by atoms with van der Waals surface area (Å²) in [4.78, 5) is 25.0. The van der Waals surface area contributed by atoms with Crippen LogP contribution in [0.15, 0.2) is 36.5 Å². The maximum atomic E-state index is 12.3. The van der Waals surface area contributed by atoms with E-state index < -0.39 is 11.9 Å². The Labute approximate surface area is 133 Å². The molecule has 0 unspecified atom stereocenters. The van der Waals surface area contributed by atoms with Crippen LogP contribution in [0.4, 0.5) is 0 Å². The van der Waals surface area contributed by atoms with Crippen LogP contribution in [-0.2, 0) is 16.1 Å². The van der Waals surface area contributed by atoms with Crippen LogP contribution >= 0.6 is 0 Å². The minimum absolute atomic E-state index is 0.0756. The third-order valence-corrected chi connectivity index (χ3v) is 4.03. The summed E-state index contributed by atoms with van der Waals surface area (Å²) in [5.41, 5.74) is 1.65. The van der Waals surface area contributed by atoms with Crippen LogP contribution in [0.2, 0.25) is 0 Å². The summed E-state index contributed by atoms with van der Waals surface area (Å²) in [5, 5.41) is 17.2. The minimum atomic E-state index is -0.838. The first-order valence-electron chi connectivity index (χ1n) is 7.59. The maximum absolute atomic E-state index is 12.3. The van der Waals surface area contributed by atoms with Crippen molar-refractivity contribution in [2.45, 2.75) is 19.4 Å². The molecule has 1 fully saturated rings. The Morgan fingerprint density at radius 3 is 2.78 bits per heavy atom. The summed E-state index contributed by atoms with van der Waals surface area (Å²) in [5.74, 6) is -1.43. The van der Waals surface area contributed by atoms with Gasteiger partial charge in [0.05, 0.1) is 12.1 Å². The van der Waals surface area contributed by atoms with Crippen molar-refractivity contribution in [2.75, 3.05) is 13.1 Å². The lowest BCUT2D eigenvalue weighted by molar-refractivity contribution is -0.145. The van der Waals surface area contributed by atoms with Gasteiger partial charge in [-0.3, -0.25) is 9.59 Å². The number of rotatable bonds is 4. The second-order valence-electron chi connectivity index (χ2n) is 5.68. The lowest BCUT2D eigenvalue weighted by Crippen LogP contribution is -2.43. The van der Waals surface area contributed by atoms with Gasteiger partial charge in [-0.05, 0) is 12.8 Å². The zero-order valence-corrected chi connectivity index (χ0v) is 12.6. The van der Waals surface area contributed by atoms with E-state index in [1.807, 2.05) is 30.3 Å². The lowest BCUT2D eigenvalue weighted by atomic mass is 9.98. The highest BCUT2D eigenvalue weighted by Crippen LogP contribution is 2.18. The number of carboxylic acid groups (broad SMARTS) is 1. The number of hydrogen-bond acceptors (Lipinski definition) is 4. The third kappa shape index (κ3) is 3.56. The van der Waals surface area contributed by atoms with Gasteiger partial charge in [-0.2, -0.15) is 0 Å². The molecule has 1 saturated heterocycles. The molecule has 1 aliphatic rings. The van der Waals surface area contributed by atoms with Gasteiger partial charge in [0.2, 0.25) is 5.91 Å². The molecular formula is C16H18N4O3. The highest BCUT2D eigenvalue weighted by atomic mass is 16.4. The molecule has 1 aromatic heterocycles. The Balaban J connectivity index is 1.64. The van der Waals surface area contributed by atoms with E-state index in [9.17, 15) is 9.59 Å². The number of carboxylic acids is 1. The second kappa shape index (κ2) is 6.60. The summed E-state index contributed by atoms with van der Waals surface area (Å²) >= 11 is 0. The van der Waals surface area contributed by atoms with Gasteiger partial charge in [0.25, 0.3) is 0 Å². The van der Waals surface area contributed by atoms with Gasteiger partial charge in [0, 0.05) is 18.7 Å². The molecule has 7 heteroatoms. The van der Waals surface area contributed by atoms with Crippen LogP contribution in [0.5, 0.6) is 0 Å². The van der Waals surface area contributed by atoms with Crippen molar-refractivity contribution in [3.05, 3.63) is 36.5 Å². The highest BCUT2D eigenvalue weighted by molar-refractivity contribution is 5.78. The first-order valence-corrected chi connectivity index (χ1v) is 7.59. The molecule has 1 atom stereocenters. The van der Waals surface area contributed by atoms with Gasteiger partial charge in [-0.1, -0.05) is 35.5 Å². The third-order valence-electron chi connectivity index (χ3n) is 4.03. The number of aromatic nitrogens is 3. The summed E-state index contributed by atoms with van der Waals surface area (Å²) in [7, 11) is 0. The van der Waals surface area contributed by atoms with E-state index in [2.05, 4.69) is 10.3 Å². The molecule has 0 radical (unpaired) electrons. The van der Waals surface area contributed by atoms with Gasteiger partial charge in [-0.15, -0.1) is 5.10 Å². The number of carbonyl (C=O) groups excluding carboxylic acids is 1. The predicted octanol–water partition coefficient (Wildman–Crippen LogP) is 1.27. The Hall–Kier alpha value is -2.70. The fraction of sp³-hybridized carbons (Fsp3) is 0.375. The first-order chi connectivity index (χ1) is 11.1. The summed E-state index contributed by atoms with van der Waals surface area (Å²) in [6.07, 6.45) is 3.07. The summed E-state index contributed by atoms with van der Waals surface area (Å²) in [6, 6.07) is 9.61. The Morgan fingerprint density at radius 1 is 1.26 bits per heavy atom. The van der Waals surface area contributed by atoms with Gasteiger partial charge in [0.1, 0.15) is 12.2 Å². The number of hydrogen-bond donors (Lipinski definition) is 1. The fourth-order valence-corrected chi connectivity index (χ4v) is 2.76. The zero-order valence-electron chi connectivity index (χ0n) is 12.6. The standard InChI is InChI=1S/C16H18N4O3/c21-15(19-8-4-7-13(9-19)16(22)23)11-20-10-14(17-18-20)12-5-2-1-3-6-12/h1-3,5-6,10,13H,4,7-9,11H2,(H,22,23)/t13-/m1/s1. The van der Waals surface area contributed by atoms with Crippen molar-refractivity contribution in [2.24, 2.45) is 5.92 Å². The molecule has 2 heterocycles. The molecule has 3 rings (SSSR count). The van der Waals surface area contributed by atoms with Gasteiger partial charge >= 0.3 is 5.97 Å². The summed E-state index contributed by atoms with van der Waals surface area (Å²) in [6.45, 7) is 0.948. The van der Waals surface area contributed by atoms with Gasteiger partial charge < -0.3 is 10.0 Å². The van der Waals surface area contributed by atoms with Crippen LogP contribution in [-0.4, -0.2) is 50.0 Å². The molecular weight excluding hydrogens is 296 g/mol. The van der Waals surface area contributed by atoms with E-state index in [0.717, 1.165) is 12.0 Å². The van der Waals surface area contributed by atoms with Crippen molar-refractivity contribution in [1.29, 1.82) is 0 Å². The van der Waals surface area contributed by atoms with E-state index >= 15 is 0 Å². The molecule has 0 bridgehead atoms. The van der Waals surface area contributed by atoms with E-state index in [-0.39, 0.29) is 19.0 Å². The Kier molecular flexibility index (Phi) is 4.36. The monoisotopic (exact) mass is 314 g/mol. The molecule has 1 N–H and O–H groups in total. The van der Waals surface area contributed by atoms with Gasteiger partial charge in [-0.25, -0.2) is 4.68 Å². The number of aliphatic carboxylic acids is 1. The van der Waals surface area contributed by atoms with E-state index in [0.29, 0.717) is 18.7 Å². The molecule has 120 valence electrons. The maximum Gasteiger partial charge on any atom is 0.308 e. The number of piperidine rings is 1. The van der Waals surface area contributed by atoms with Crippen molar-refractivity contribution >= 4 is 11.9 Å². The molecule has 23 heavy (non-hydrogen) atoms. The number of likely N-dealkylation sites (tertiary alicyclic amines) is 1.